The molecule has 0 saturated heterocycles. The number of thioether (sulfide) groups is 1. The van der Waals surface area contributed by atoms with Crippen molar-refractivity contribution in [2.75, 3.05) is 5.75 Å². The van der Waals surface area contributed by atoms with Gasteiger partial charge in [-0.3, -0.25) is 9.36 Å². The summed E-state index contributed by atoms with van der Waals surface area (Å²) in [6, 6.07) is 15.8. The van der Waals surface area contributed by atoms with Crippen LogP contribution in [0.3, 0.4) is 0 Å². The first-order valence-corrected chi connectivity index (χ1v) is 8.30. The minimum atomic E-state index is -0.846. The van der Waals surface area contributed by atoms with Crippen molar-refractivity contribution in [3.63, 3.8) is 0 Å². The molecule has 3 rings (SSSR count). The number of carboxylic acid groups (broad SMARTS) is 1. The van der Waals surface area contributed by atoms with Crippen LogP contribution in [0.2, 0.25) is 0 Å². The van der Waals surface area contributed by atoms with E-state index in [0.717, 1.165) is 20.3 Å². The van der Waals surface area contributed by atoms with Crippen molar-refractivity contribution < 1.29 is 9.90 Å². The third-order valence-corrected chi connectivity index (χ3v) is 4.78. The van der Waals surface area contributed by atoms with Gasteiger partial charge in [0.15, 0.2) is 5.16 Å². The van der Waals surface area contributed by atoms with Gasteiger partial charge in [-0.2, -0.15) is 0 Å². The van der Waals surface area contributed by atoms with Crippen LogP contribution < -0.4 is 0 Å². The maximum atomic E-state index is 10.8. The molecule has 3 aromatic rings. The summed E-state index contributed by atoms with van der Waals surface area (Å²) in [5, 5.41) is 9.60. The van der Waals surface area contributed by atoms with E-state index in [1.165, 1.54) is 11.8 Å². The number of carboxylic acids is 1. The number of aliphatic carboxylic acids is 1. The lowest BCUT2D eigenvalue weighted by molar-refractivity contribution is -0.133. The van der Waals surface area contributed by atoms with Crippen LogP contribution >= 0.6 is 34.4 Å². The predicted molar refractivity (Wildman–Crippen MR) is 92.1 cm³/mol. The summed E-state index contributed by atoms with van der Waals surface area (Å²) in [4.78, 5) is 15.4. The van der Waals surface area contributed by atoms with Crippen molar-refractivity contribution in [1.82, 2.24) is 9.55 Å². The fraction of sp³-hybridized carbons (Fsp3) is 0.0667. The Morgan fingerprint density at radius 1 is 1.19 bits per heavy atom. The van der Waals surface area contributed by atoms with Crippen LogP contribution in [0, 0.1) is 3.57 Å². The number of rotatable bonds is 4. The lowest BCUT2D eigenvalue weighted by Gasteiger charge is -2.10. The second-order valence-electron chi connectivity index (χ2n) is 4.35. The quantitative estimate of drug-likeness (QED) is 0.525. The van der Waals surface area contributed by atoms with E-state index in [0.29, 0.717) is 5.16 Å². The number of aromatic nitrogens is 2. The number of halogens is 1. The molecule has 0 aliphatic heterocycles. The van der Waals surface area contributed by atoms with E-state index in [4.69, 9.17) is 5.11 Å². The van der Waals surface area contributed by atoms with Crippen molar-refractivity contribution in [1.29, 1.82) is 0 Å². The molecule has 4 nitrogen and oxygen atoms in total. The Bertz CT molecular complexity index is 816. The number of para-hydroxylation sites is 3. The third kappa shape index (κ3) is 2.91. The zero-order chi connectivity index (χ0) is 14.8. The lowest BCUT2D eigenvalue weighted by atomic mass is 10.3. The molecule has 21 heavy (non-hydrogen) atoms. The second kappa shape index (κ2) is 6.07. The molecular weight excluding hydrogens is 399 g/mol. The molecule has 0 atom stereocenters. The van der Waals surface area contributed by atoms with Gasteiger partial charge in [0.2, 0.25) is 0 Å². The molecule has 0 fully saturated rings. The molecule has 0 aliphatic rings. The Hall–Kier alpha value is -1.54. The van der Waals surface area contributed by atoms with Crippen molar-refractivity contribution in [2.45, 2.75) is 5.16 Å². The summed E-state index contributed by atoms with van der Waals surface area (Å²) in [7, 11) is 0. The summed E-state index contributed by atoms with van der Waals surface area (Å²) >= 11 is 3.51. The van der Waals surface area contributed by atoms with Crippen LogP contribution in [0.1, 0.15) is 0 Å². The highest BCUT2D eigenvalue weighted by molar-refractivity contribution is 14.1. The molecule has 1 N–H and O–H groups in total. The predicted octanol–water partition coefficient (Wildman–Crippen LogP) is 3.81. The largest absolute Gasteiger partial charge is 0.481 e. The van der Waals surface area contributed by atoms with E-state index in [-0.39, 0.29) is 5.75 Å². The average Bonchev–Trinajstić information content (AvgIpc) is 2.84. The second-order valence-corrected chi connectivity index (χ2v) is 6.46. The van der Waals surface area contributed by atoms with Crippen molar-refractivity contribution in [2.24, 2.45) is 0 Å². The summed E-state index contributed by atoms with van der Waals surface area (Å²) < 4.78 is 3.11. The summed E-state index contributed by atoms with van der Waals surface area (Å²) in [6.07, 6.45) is 0. The summed E-state index contributed by atoms with van der Waals surface area (Å²) in [6.45, 7) is 0. The van der Waals surface area contributed by atoms with Gasteiger partial charge >= 0.3 is 5.97 Å². The van der Waals surface area contributed by atoms with E-state index >= 15 is 0 Å². The lowest BCUT2D eigenvalue weighted by Crippen LogP contribution is -2.02. The molecule has 1 aromatic heterocycles. The van der Waals surface area contributed by atoms with E-state index in [1.54, 1.807) is 0 Å². The SMILES string of the molecule is O=C(O)CSc1nc2ccccc2n1-c1ccccc1I. The number of benzene rings is 2. The fourth-order valence-corrected chi connectivity index (χ4v) is 3.46. The number of nitrogens with zero attached hydrogens (tertiary/aromatic N) is 2. The van der Waals surface area contributed by atoms with Crippen LogP contribution in [0.15, 0.2) is 53.7 Å². The van der Waals surface area contributed by atoms with Crippen molar-refractivity contribution in [3.05, 3.63) is 52.1 Å². The molecule has 2 aromatic carbocycles. The zero-order valence-electron chi connectivity index (χ0n) is 10.9. The van der Waals surface area contributed by atoms with Gasteiger partial charge in [-0.15, -0.1) is 0 Å². The number of hydrogen-bond donors (Lipinski definition) is 1. The van der Waals surface area contributed by atoms with Gasteiger partial charge in [0, 0.05) is 3.57 Å². The molecule has 1 heterocycles. The Balaban J connectivity index is 2.20. The van der Waals surface area contributed by atoms with Gasteiger partial charge in [0.05, 0.1) is 22.5 Å². The van der Waals surface area contributed by atoms with Crippen molar-refractivity contribution in [3.8, 4) is 5.69 Å². The van der Waals surface area contributed by atoms with Gasteiger partial charge in [-0.1, -0.05) is 36.0 Å². The standard InChI is InChI=1S/C15H11IN2O2S/c16-10-5-1-3-7-12(10)18-13-8-4-2-6-11(13)17-15(18)21-9-14(19)20/h1-8H,9H2,(H,19,20). The Morgan fingerprint density at radius 2 is 1.90 bits per heavy atom. The van der Waals surface area contributed by atoms with E-state index in [9.17, 15) is 4.79 Å². The van der Waals surface area contributed by atoms with Crippen LogP contribution in [0.25, 0.3) is 16.7 Å². The number of fused-ring (bicyclic) bond motifs is 1. The molecule has 0 aliphatic carbocycles. The molecule has 0 spiro atoms. The zero-order valence-corrected chi connectivity index (χ0v) is 13.8. The molecular formula is C15H11IN2O2S. The molecule has 0 bridgehead atoms. The highest BCUT2D eigenvalue weighted by atomic mass is 127. The molecule has 0 amide bonds. The summed E-state index contributed by atoms with van der Waals surface area (Å²) in [5.41, 5.74) is 2.86. The molecule has 0 radical (unpaired) electrons. The first-order chi connectivity index (χ1) is 10.2. The van der Waals surface area contributed by atoms with E-state index in [2.05, 4.69) is 27.6 Å². The monoisotopic (exact) mass is 410 g/mol. The van der Waals surface area contributed by atoms with Gasteiger partial charge < -0.3 is 5.11 Å². The Kier molecular flexibility index (Phi) is 4.16. The minimum absolute atomic E-state index is 0.00721. The summed E-state index contributed by atoms with van der Waals surface area (Å²) in [5.74, 6) is -0.853. The number of carbonyl (C=O) groups is 1. The van der Waals surface area contributed by atoms with Gasteiger partial charge in [0.1, 0.15) is 0 Å². The topological polar surface area (TPSA) is 55.1 Å². The average molecular weight is 410 g/mol. The van der Waals surface area contributed by atoms with E-state index in [1.807, 2.05) is 53.1 Å². The Morgan fingerprint density at radius 3 is 2.67 bits per heavy atom. The molecule has 106 valence electrons. The first kappa shape index (κ1) is 14.4. The van der Waals surface area contributed by atoms with Crippen LogP contribution in [-0.2, 0) is 4.79 Å². The highest BCUT2D eigenvalue weighted by Crippen LogP contribution is 2.29. The normalized spacial score (nSPS) is 10.9. The number of imidazole rings is 1. The van der Waals surface area contributed by atoms with Gasteiger partial charge in [-0.25, -0.2) is 4.98 Å². The highest BCUT2D eigenvalue weighted by Gasteiger charge is 2.15. The maximum absolute atomic E-state index is 10.8. The van der Waals surface area contributed by atoms with Gasteiger partial charge in [0.25, 0.3) is 0 Å². The Labute approximate surface area is 139 Å². The fourth-order valence-electron chi connectivity index (χ4n) is 2.09. The van der Waals surface area contributed by atoms with E-state index < -0.39 is 5.97 Å². The van der Waals surface area contributed by atoms with Crippen LogP contribution in [-0.4, -0.2) is 26.4 Å². The smallest absolute Gasteiger partial charge is 0.313 e. The van der Waals surface area contributed by atoms with Gasteiger partial charge in [-0.05, 0) is 46.9 Å². The minimum Gasteiger partial charge on any atom is -0.481 e. The van der Waals surface area contributed by atoms with Crippen LogP contribution in [0.5, 0.6) is 0 Å². The molecule has 6 heteroatoms. The van der Waals surface area contributed by atoms with Crippen LogP contribution in [0.4, 0.5) is 0 Å². The molecule has 0 saturated carbocycles. The first-order valence-electron chi connectivity index (χ1n) is 6.24. The maximum Gasteiger partial charge on any atom is 0.313 e. The van der Waals surface area contributed by atoms with Crippen molar-refractivity contribution >= 4 is 51.4 Å². The third-order valence-electron chi connectivity index (χ3n) is 2.95. The number of hydrogen-bond acceptors (Lipinski definition) is 3. The molecule has 0 unspecified atom stereocenters.